The van der Waals surface area contributed by atoms with Gasteiger partial charge in [0.05, 0.1) is 13.1 Å². The van der Waals surface area contributed by atoms with Crippen LogP contribution in [0, 0.1) is 10.8 Å². The SMILES string of the molecule is N=CCN(CCCCC(N)C(=O)O)C(=O)CCCC(=O)N(CC=N)CCCCC(N)C(=O)O. The Balaban J connectivity index is 4.41. The molecule has 2 unspecified atom stereocenters. The highest BCUT2D eigenvalue weighted by molar-refractivity contribution is 5.81. The number of hydrogen-bond acceptors (Lipinski definition) is 8. The highest BCUT2D eigenvalue weighted by Gasteiger charge is 2.17. The van der Waals surface area contributed by atoms with Crippen molar-refractivity contribution in [3.63, 3.8) is 0 Å². The van der Waals surface area contributed by atoms with Gasteiger partial charge in [0.2, 0.25) is 11.8 Å². The topological polar surface area (TPSA) is 215 Å². The van der Waals surface area contributed by atoms with Gasteiger partial charge in [-0.15, -0.1) is 0 Å². The second-order valence-electron chi connectivity index (χ2n) is 7.82. The Morgan fingerprint density at radius 1 is 0.697 bits per heavy atom. The van der Waals surface area contributed by atoms with Crippen molar-refractivity contribution in [3.8, 4) is 0 Å². The lowest BCUT2D eigenvalue weighted by Gasteiger charge is -2.22. The molecule has 0 aromatic rings. The number of nitrogens with one attached hydrogen (secondary N) is 2. The maximum absolute atomic E-state index is 12.5. The Morgan fingerprint density at radius 3 is 1.36 bits per heavy atom. The molecule has 8 N–H and O–H groups in total. The lowest BCUT2D eigenvalue weighted by Crippen LogP contribution is -2.35. The molecular formula is C21H38N6O6. The number of unbranched alkanes of at least 4 members (excludes halogenated alkanes) is 2. The maximum Gasteiger partial charge on any atom is 0.320 e. The third kappa shape index (κ3) is 14.0. The zero-order chi connectivity index (χ0) is 25.2. The van der Waals surface area contributed by atoms with Crippen molar-refractivity contribution in [1.29, 1.82) is 10.8 Å². The first-order valence-electron chi connectivity index (χ1n) is 11.1. The van der Waals surface area contributed by atoms with E-state index in [0.29, 0.717) is 58.0 Å². The molecule has 0 aliphatic carbocycles. The van der Waals surface area contributed by atoms with Crippen LogP contribution in [-0.2, 0) is 19.2 Å². The van der Waals surface area contributed by atoms with E-state index >= 15 is 0 Å². The summed E-state index contributed by atoms with van der Waals surface area (Å²) in [7, 11) is 0. The molecule has 0 saturated carbocycles. The van der Waals surface area contributed by atoms with E-state index in [0.717, 1.165) is 12.4 Å². The highest BCUT2D eigenvalue weighted by atomic mass is 16.4. The van der Waals surface area contributed by atoms with Gasteiger partial charge in [-0.1, -0.05) is 0 Å². The standard InChI is InChI=1S/C21H38N6O6/c22-10-14-26(12-3-1-6-16(24)20(30)31)18(28)8-5-9-19(29)27(15-11-23)13-4-2-7-17(25)21(32)33/h10-11,16-17,22-23H,1-9,12-15,24-25H2,(H,30,31)(H,32,33). The molecule has 0 radical (unpaired) electrons. The Labute approximate surface area is 194 Å². The first-order chi connectivity index (χ1) is 15.6. The van der Waals surface area contributed by atoms with E-state index in [1.165, 1.54) is 9.80 Å². The first-order valence-corrected chi connectivity index (χ1v) is 11.1. The molecule has 0 fully saturated rings. The fourth-order valence-corrected chi connectivity index (χ4v) is 3.14. The molecule has 33 heavy (non-hydrogen) atoms. The largest absolute Gasteiger partial charge is 0.480 e. The Bertz CT molecular complexity index is 605. The van der Waals surface area contributed by atoms with Gasteiger partial charge in [-0.25, -0.2) is 0 Å². The van der Waals surface area contributed by atoms with Crippen molar-refractivity contribution in [2.45, 2.75) is 69.9 Å². The lowest BCUT2D eigenvalue weighted by atomic mass is 10.1. The minimum atomic E-state index is -1.06. The van der Waals surface area contributed by atoms with Crippen LogP contribution in [0.2, 0.25) is 0 Å². The Hall–Kier alpha value is -2.86. The molecule has 0 aliphatic heterocycles. The average Bonchev–Trinajstić information content (AvgIpc) is 2.77. The van der Waals surface area contributed by atoms with Crippen LogP contribution in [0.15, 0.2) is 0 Å². The van der Waals surface area contributed by atoms with Crippen LogP contribution in [0.5, 0.6) is 0 Å². The molecule has 12 heteroatoms. The molecule has 2 atom stereocenters. The van der Waals surface area contributed by atoms with Gasteiger partial charge < -0.3 is 42.3 Å². The van der Waals surface area contributed by atoms with E-state index in [9.17, 15) is 19.2 Å². The van der Waals surface area contributed by atoms with Crippen LogP contribution in [0.1, 0.15) is 57.8 Å². The van der Waals surface area contributed by atoms with Crippen molar-refractivity contribution in [2.75, 3.05) is 26.2 Å². The van der Waals surface area contributed by atoms with Crippen LogP contribution >= 0.6 is 0 Å². The van der Waals surface area contributed by atoms with Crippen LogP contribution in [0.4, 0.5) is 0 Å². The number of carbonyl (C=O) groups excluding carboxylic acids is 2. The summed E-state index contributed by atoms with van der Waals surface area (Å²) in [6.45, 7) is 1.06. The van der Waals surface area contributed by atoms with E-state index in [2.05, 4.69) is 0 Å². The summed E-state index contributed by atoms with van der Waals surface area (Å²) in [5.41, 5.74) is 10.9. The molecule has 2 amide bonds. The number of amides is 2. The summed E-state index contributed by atoms with van der Waals surface area (Å²) in [5, 5.41) is 32.1. The fraction of sp³-hybridized carbons (Fsp3) is 0.714. The van der Waals surface area contributed by atoms with Crippen LogP contribution in [0.25, 0.3) is 0 Å². The van der Waals surface area contributed by atoms with Gasteiger partial charge in [-0.2, -0.15) is 0 Å². The lowest BCUT2D eigenvalue weighted by molar-refractivity contribution is -0.139. The van der Waals surface area contributed by atoms with Gasteiger partial charge in [0.25, 0.3) is 0 Å². The monoisotopic (exact) mass is 470 g/mol. The van der Waals surface area contributed by atoms with Crippen molar-refractivity contribution >= 4 is 36.2 Å². The zero-order valence-corrected chi connectivity index (χ0v) is 19.1. The molecule has 0 bridgehead atoms. The third-order valence-electron chi connectivity index (χ3n) is 5.13. The van der Waals surface area contributed by atoms with Crippen molar-refractivity contribution in [1.82, 2.24) is 9.80 Å². The van der Waals surface area contributed by atoms with Crippen molar-refractivity contribution < 1.29 is 29.4 Å². The zero-order valence-electron chi connectivity index (χ0n) is 19.1. The predicted molar refractivity (Wildman–Crippen MR) is 124 cm³/mol. The number of carbonyl (C=O) groups is 4. The Morgan fingerprint density at radius 2 is 1.06 bits per heavy atom. The highest BCUT2D eigenvalue weighted by Crippen LogP contribution is 2.08. The summed E-state index contributed by atoms with van der Waals surface area (Å²) in [6.07, 6.45) is 5.68. The van der Waals surface area contributed by atoms with E-state index in [4.69, 9.17) is 32.5 Å². The minimum absolute atomic E-state index is 0.139. The molecule has 0 spiro atoms. The number of nitrogens with two attached hydrogens (primary N) is 2. The molecule has 12 nitrogen and oxygen atoms in total. The van der Waals surface area contributed by atoms with E-state index in [1.807, 2.05) is 0 Å². The maximum atomic E-state index is 12.5. The van der Waals surface area contributed by atoms with Gasteiger partial charge in [0, 0.05) is 38.4 Å². The van der Waals surface area contributed by atoms with Crippen molar-refractivity contribution in [2.24, 2.45) is 11.5 Å². The van der Waals surface area contributed by atoms with E-state index < -0.39 is 24.0 Å². The molecule has 0 rings (SSSR count). The quantitative estimate of drug-likeness (QED) is 0.107. The minimum Gasteiger partial charge on any atom is -0.480 e. The van der Waals surface area contributed by atoms with Gasteiger partial charge in [-0.3, -0.25) is 19.2 Å². The number of hydrogen-bond donors (Lipinski definition) is 6. The smallest absolute Gasteiger partial charge is 0.320 e. The summed E-state index contributed by atoms with van der Waals surface area (Å²) in [4.78, 5) is 49.4. The summed E-state index contributed by atoms with van der Waals surface area (Å²) in [6, 6.07) is -1.86. The van der Waals surface area contributed by atoms with Crippen LogP contribution < -0.4 is 11.5 Å². The Kier molecular flexibility index (Phi) is 16.1. The summed E-state index contributed by atoms with van der Waals surface area (Å²) >= 11 is 0. The average molecular weight is 471 g/mol. The van der Waals surface area contributed by atoms with Gasteiger partial charge >= 0.3 is 11.9 Å². The van der Waals surface area contributed by atoms with Gasteiger partial charge in [0.15, 0.2) is 0 Å². The van der Waals surface area contributed by atoms with Gasteiger partial charge in [-0.05, 0) is 44.9 Å². The molecule has 0 aromatic heterocycles. The third-order valence-corrected chi connectivity index (χ3v) is 5.13. The second kappa shape index (κ2) is 17.7. The number of carboxylic acids is 2. The molecule has 0 saturated heterocycles. The molecule has 0 aliphatic rings. The summed E-state index contributed by atoms with van der Waals surface area (Å²) in [5.74, 6) is -2.49. The van der Waals surface area contributed by atoms with Gasteiger partial charge in [0.1, 0.15) is 12.1 Å². The van der Waals surface area contributed by atoms with Crippen molar-refractivity contribution in [3.05, 3.63) is 0 Å². The molecule has 188 valence electrons. The normalized spacial score (nSPS) is 12.4. The number of carboxylic acid groups (broad SMARTS) is 2. The molecular weight excluding hydrogens is 432 g/mol. The predicted octanol–water partition coefficient (Wildman–Crippen LogP) is 0.277. The number of nitrogens with zero attached hydrogens (tertiary/aromatic N) is 2. The fourth-order valence-electron chi connectivity index (χ4n) is 3.14. The molecule has 0 heterocycles. The van der Waals surface area contributed by atoms with E-state index in [-0.39, 0.29) is 37.7 Å². The summed E-state index contributed by atoms with van der Waals surface area (Å²) < 4.78 is 0. The van der Waals surface area contributed by atoms with Crippen LogP contribution in [-0.4, -0.2) is 94.5 Å². The van der Waals surface area contributed by atoms with E-state index in [1.54, 1.807) is 0 Å². The number of aliphatic carboxylic acids is 2. The molecule has 0 aromatic carbocycles. The van der Waals surface area contributed by atoms with Crippen LogP contribution in [0.3, 0.4) is 0 Å². The number of rotatable bonds is 20. The first kappa shape index (κ1) is 30.1. The second-order valence-corrected chi connectivity index (χ2v) is 7.82.